The number of halogens is 1. The highest BCUT2D eigenvalue weighted by Crippen LogP contribution is 2.49. The Balaban J connectivity index is 1.87. The Morgan fingerprint density at radius 1 is 1.10 bits per heavy atom. The van der Waals surface area contributed by atoms with Crippen LogP contribution in [0.4, 0.5) is 0 Å². The van der Waals surface area contributed by atoms with Crippen LogP contribution >= 0.6 is 11.6 Å². The number of rotatable bonds is 0. The zero-order chi connectivity index (χ0) is 16.2. The van der Waals surface area contributed by atoms with Crippen LogP contribution < -0.4 is 4.74 Å². The van der Waals surface area contributed by atoms with Crippen LogP contribution in [0.25, 0.3) is 0 Å². The summed E-state index contributed by atoms with van der Waals surface area (Å²) in [5.74, 6) is 1.72. The van der Waals surface area contributed by atoms with E-state index >= 15 is 0 Å². The minimum absolute atomic E-state index is 0.0628. The molecule has 0 radical (unpaired) electrons. The van der Waals surface area contributed by atoms with E-state index in [9.17, 15) is 0 Å². The average Bonchev–Trinajstić information content (AvgIpc) is 2.90. The quantitative estimate of drug-likeness (QED) is 0.718. The van der Waals surface area contributed by atoms with Crippen LogP contribution in [0.2, 0.25) is 5.02 Å². The lowest BCUT2D eigenvalue weighted by Crippen LogP contribution is -2.14. The molecule has 2 aliphatic heterocycles. The number of hydrogen-bond acceptors (Lipinski definition) is 2. The first-order valence-electron chi connectivity index (χ1n) is 8.25. The molecule has 2 heterocycles. The van der Waals surface area contributed by atoms with Gasteiger partial charge in [0.05, 0.1) is 0 Å². The number of fused-ring (bicyclic) bond motifs is 5. The van der Waals surface area contributed by atoms with Crippen molar-refractivity contribution in [3.05, 3.63) is 58.6 Å². The molecule has 0 N–H and O–H groups in total. The van der Waals surface area contributed by atoms with Gasteiger partial charge in [-0.3, -0.25) is 0 Å². The zero-order valence-electron chi connectivity index (χ0n) is 13.8. The Labute approximate surface area is 128 Å². The van der Waals surface area contributed by atoms with Gasteiger partial charge in [-0.15, -0.1) is 0 Å². The minimum Gasteiger partial charge on any atom is -0.457 e. The Kier molecular flexibility index (Phi) is 2.12. The van der Waals surface area contributed by atoms with Crippen molar-refractivity contribution in [2.24, 2.45) is 0 Å². The van der Waals surface area contributed by atoms with Crippen molar-refractivity contribution in [1.29, 1.82) is 0 Å². The molecular weight excluding hydrogens is 270 g/mol. The fraction of sp³-hybridized carbons (Fsp3) is 0.294. The summed E-state index contributed by atoms with van der Waals surface area (Å²) < 4.78 is 29.3. The molecule has 0 aromatic heterocycles. The van der Waals surface area contributed by atoms with Gasteiger partial charge >= 0.3 is 0 Å². The molecule has 0 bridgehead atoms. The van der Waals surface area contributed by atoms with Crippen molar-refractivity contribution in [2.75, 3.05) is 20.1 Å². The number of nitrogens with zero attached hydrogens (tertiary/aromatic N) is 1. The number of benzene rings is 2. The van der Waals surface area contributed by atoms with Gasteiger partial charge in [-0.25, -0.2) is 0 Å². The van der Waals surface area contributed by atoms with Crippen LogP contribution in [0.1, 0.15) is 27.1 Å². The summed E-state index contributed by atoms with van der Waals surface area (Å²) in [6.07, 6.45) is 0. The highest BCUT2D eigenvalue weighted by atomic mass is 35.5. The molecule has 0 unspecified atom stereocenters. The summed E-state index contributed by atoms with van der Waals surface area (Å²) in [6.45, 7) is -1.11. The van der Waals surface area contributed by atoms with Crippen molar-refractivity contribution in [3.63, 3.8) is 0 Å². The molecule has 2 aliphatic rings. The Hall–Kier alpha value is -1.51. The van der Waals surface area contributed by atoms with Crippen molar-refractivity contribution in [1.82, 2.24) is 4.90 Å². The lowest BCUT2D eigenvalue weighted by atomic mass is 9.84. The lowest BCUT2D eigenvalue weighted by molar-refractivity contribution is 0.401. The van der Waals surface area contributed by atoms with Gasteiger partial charge in [0.1, 0.15) is 11.5 Å². The Morgan fingerprint density at radius 2 is 1.85 bits per heavy atom. The van der Waals surface area contributed by atoms with Crippen LogP contribution in [-0.2, 0) is 0 Å². The molecule has 0 spiro atoms. The summed E-state index contributed by atoms with van der Waals surface area (Å²) in [4.78, 5) is 1.58. The SMILES string of the molecule is [2H]C([2H])([2H])N1C[C@@H]2c3ccccc3Oc3ccc(Cl)cc3[C@H]2C1. The van der Waals surface area contributed by atoms with Gasteiger partial charge in [-0.1, -0.05) is 29.8 Å². The minimum atomic E-state index is -2.08. The smallest absolute Gasteiger partial charge is 0.131 e. The molecule has 2 aromatic carbocycles. The number of hydrogen-bond donors (Lipinski definition) is 0. The average molecular weight is 289 g/mol. The third kappa shape index (κ3) is 1.83. The first-order valence-corrected chi connectivity index (χ1v) is 7.12. The molecule has 4 rings (SSSR count). The molecule has 2 nitrogen and oxygen atoms in total. The highest BCUT2D eigenvalue weighted by Gasteiger charge is 2.38. The van der Waals surface area contributed by atoms with E-state index in [0.29, 0.717) is 18.1 Å². The predicted octanol–water partition coefficient (Wildman–Crippen LogP) is 4.26. The highest BCUT2D eigenvalue weighted by molar-refractivity contribution is 6.30. The van der Waals surface area contributed by atoms with Crippen LogP contribution in [0, 0.1) is 0 Å². The summed E-state index contributed by atoms with van der Waals surface area (Å²) in [6, 6.07) is 13.5. The van der Waals surface area contributed by atoms with E-state index in [4.69, 9.17) is 20.5 Å². The molecule has 0 amide bonds. The van der Waals surface area contributed by atoms with E-state index in [1.807, 2.05) is 36.4 Å². The number of ether oxygens (including phenoxy) is 1. The van der Waals surface area contributed by atoms with Crippen molar-refractivity contribution < 1.29 is 8.85 Å². The summed E-state index contributed by atoms with van der Waals surface area (Å²) in [5.41, 5.74) is 2.06. The standard InChI is InChI=1S/C17H16ClNO/c1-19-9-14-12-4-2-3-5-16(12)20-17-7-6-11(18)8-13(17)15(14)10-19/h2-8,14-15H,9-10H2,1H3/t14-,15-/m1/s1/i1D3. The molecule has 1 fully saturated rings. The molecule has 0 aliphatic carbocycles. The third-order valence-corrected chi connectivity index (χ3v) is 4.46. The van der Waals surface area contributed by atoms with Crippen LogP contribution in [0.15, 0.2) is 42.5 Å². The van der Waals surface area contributed by atoms with E-state index in [0.717, 1.165) is 22.6 Å². The maximum Gasteiger partial charge on any atom is 0.131 e. The van der Waals surface area contributed by atoms with Crippen LogP contribution in [0.5, 0.6) is 11.5 Å². The van der Waals surface area contributed by atoms with Crippen molar-refractivity contribution >= 4 is 11.6 Å². The second-order valence-corrected chi connectivity index (χ2v) is 5.88. The zero-order valence-corrected chi connectivity index (χ0v) is 11.6. The van der Waals surface area contributed by atoms with E-state index in [-0.39, 0.29) is 11.8 Å². The molecule has 2 aromatic rings. The normalized spacial score (nSPS) is 27.1. The maximum absolute atomic E-state index is 7.75. The fourth-order valence-corrected chi connectivity index (χ4v) is 3.51. The van der Waals surface area contributed by atoms with Crippen LogP contribution in [0.3, 0.4) is 0 Å². The van der Waals surface area contributed by atoms with Gasteiger partial charge < -0.3 is 9.64 Å². The van der Waals surface area contributed by atoms with Crippen LogP contribution in [-0.4, -0.2) is 25.0 Å². The topological polar surface area (TPSA) is 12.5 Å². The molecule has 1 saturated heterocycles. The van der Waals surface area contributed by atoms with Gasteiger partial charge in [0, 0.05) is 39.6 Å². The van der Waals surface area contributed by atoms with Crippen molar-refractivity contribution in [2.45, 2.75) is 11.8 Å². The molecule has 102 valence electrons. The molecule has 2 atom stereocenters. The number of likely N-dealkylation sites (tertiary alicyclic amines) is 1. The first-order chi connectivity index (χ1) is 10.9. The first kappa shape index (κ1) is 9.43. The summed E-state index contributed by atoms with van der Waals surface area (Å²) in [7, 11) is 0. The van der Waals surface area contributed by atoms with Crippen molar-refractivity contribution in [3.8, 4) is 11.5 Å². The van der Waals surface area contributed by atoms with E-state index in [1.165, 1.54) is 0 Å². The third-order valence-electron chi connectivity index (χ3n) is 4.23. The molecule has 20 heavy (non-hydrogen) atoms. The monoisotopic (exact) mass is 288 g/mol. The van der Waals surface area contributed by atoms with Gasteiger partial charge in [-0.05, 0) is 36.8 Å². The van der Waals surface area contributed by atoms with E-state index in [1.54, 1.807) is 11.0 Å². The fourth-order valence-electron chi connectivity index (χ4n) is 3.33. The molecule has 0 saturated carbocycles. The Morgan fingerprint density at radius 3 is 2.70 bits per heavy atom. The van der Waals surface area contributed by atoms with Gasteiger partial charge in [0.25, 0.3) is 0 Å². The number of likely N-dealkylation sites (N-methyl/N-ethyl adjacent to an activating group) is 1. The van der Waals surface area contributed by atoms with E-state index < -0.39 is 6.98 Å². The summed E-state index contributed by atoms with van der Waals surface area (Å²) >= 11 is 6.18. The van der Waals surface area contributed by atoms with Gasteiger partial charge in [0.2, 0.25) is 0 Å². The maximum atomic E-state index is 7.75. The summed E-state index contributed by atoms with van der Waals surface area (Å²) in [5, 5.41) is 0.643. The lowest BCUT2D eigenvalue weighted by Gasteiger charge is -2.17. The second kappa shape index (κ2) is 4.51. The van der Waals surface area contributed by atoms with Gasteiger partial charge in [-0.2, -0.15) is 0 Å². The number of para-hydroxylation sites is 1. The Bertz CT molecular complexity index is 762. The second-order valence-electron chi connectivity index (χ2n) is 5.44. The largest absolute Gasteiger partial charge is 0.457 e. The molecule has 3 heteroatoms. The predicted molar refractivity (Wildman–Crippen MR) is 80.9 cm³/mol. The van der Waals surface area contributed by atoms with E-state index in [2.05, 4.69) is 0 Å². The molecular formula is C17H16ClNO. The van der Waals surface area contributed by atoms with Gasteiger partial charge in [0.15, 0.2) is 0 Å².